The number of carbonyl (C=O) groups is 1. The number of carbonyl (C=O) groups excluding carboxylic acids is 1. The number of rotatable bonds is 6. The SMILES string of the molecule is CCC(C)CC(=O)NC(C)c1ccc(S(N)(=O)=O)cc1. The first kappa shape index (κ1) is 16.7. The van der Waals surface area contributed by atoms with Crippen molar-refractivity contribution < 1.29 is 13.2 Å². The first-order chi connectivity index (χ1) is 9.24. The van der Waals surface area contributed by atoms with Gasteiger partial charge in [-0.3, -0.25) is 4.79 Å². The van der Waals surface area contributed by atoms with Crippen molar-refractivity contribution in [2.75, 3.05) is 0 Å². The maximum absolute atomic E-state index is 11.8. The molecule has 3 N–H and O–H groups in total. The van der Waals surface area contributed by atoms with Gasteiger partial charge in [0.2, 0.25) is 15.9 Å². The van der Waals surface area contributed by atoms with Crippen LogP contribution in [0.1, 0.15) is 45.2 Å². The van der Waals surface area contributed by atoms with E-state index in [0.717, 1.165) is 12.0 Å². The molecule has 112 valence electrons. The van der Waals surface area contributed by atoms with Gasteiger partial charge in [-0.15, -0.1) is 0 Å². The zero-order chi connectivity index (χ0) is 15.3. The number of nitrogens with two attached hydrogens (primary N) is 1. The third-order valence-electron chi connectivity index (χ3n) is 3.32. The van der Waals surface area contributed by atoms with E-state index in [2.05, 4.69) is 5.32 Å². The third kappa shape index (κ3) is 4.94. The molecule has 0 aliphatic rings. The van der Waals surface area contributed by atoms with Gasteiger partial charge in [0.05, 0.1) is 10.9 Å². The largest absolute Gasteiger partial charge is 0.350 e. The van der Waals surface area contributed by atoms with Crippen molar-refractivity contribution in [1.29, 1.82) is 0 Å². The molecular formula is C14H22N2O3S. The molecular weight excluding hydrogens is 276 g/mol. The van der Waals surface area contributed by atoms with Crippen LogP contribution in [0.3, 0.4) is 0 Å². The molecule has 1 aromatic rings. The van der Waals surface area contributed by atoms with Gasteiger partial charge in [0.25, 0.3) is 0 Å². The zero-order valence-corrected chi connectivity index (χ0v) is 12.9. The Bertz CT molecular complexity index is 552. The van der Waals surface area contributed by atoms with Crippen LogP contribution in [0.5, 0.6) is 0 Å². The molecule has 20 heavy (non-hydrogen) atoms. The first-order valence-corrected chi connectivity index (χ1v) is 8.20. The van der Waals surface area contributed by atoms with Gasteiger partial charge in [-0.2, -0.15) is 0 Å². The summed E-state index contributed by atoms with van der Waals surface area (Å²) in [6, 6.07) is 6.05. The van der Waals surface area contributed by atoms with Crippen molar-refractivity contribution in [3.05, 3.63) is 29.8 Å². The molecule has 0 bridgehead atoms. The minimum Gasteiger partial charge on any atom is -0.350 e. The van der Waals surface area contributed by atoms with Gasteiger partial charge in [0, 0.05) is 6.42 Å². The van der Waals surface area contributed by atoms with Gasteiger partial charge in [-0.05, 0) is 30.5 Å². The summed E-state index contributed by atoms with van der Waals surface area (Å²) in [7, 11) is -3.67. The fraction of sp³-hybridized carbons (Fsp3) is 0.500. The summed E-state index contributed by atoms with van der Waals surface area (Å²) in [4.78, 5) is 11.9. The van der Waals surface area contributed by atoms with E-state index in [9.17, 15) is 13.2 Å². The van der Waals surface area contributed by atoms with E-state index in [1.54, 1.807) is 12.1 Å². The summed E-state index contributed by atoms with van der Waals surface area (Å²) >= 11 is 0. The monoisotopic (exact) mass is 298 g/mol. The lowest BCUT2D eigenvalue weighted by Gasteiger charge is -2.16. The van der Waals surface area contributed by atoms with E-state index in [1.165, 1.54) is 12.1 Å². The highest BCUT2D eigenvalue weighted by Gasteiger charge is 2.13. The van der Waals surface area contributed by atoms with Crippen LogP contribution in [-0.4, -0.2) is 14.3 Å². The molecule has 0 fully saturated rings. The molecule has 0 heterocycles. The summed E-state index contributed by atoms with van der Waals surface area (Å²) in [5.41, 5.74) is 0.843. The minimum atomic E-state index is -3.67. The number of sulfonamides is 1. The Balaban J connectivity index is 2.69. The second-order valence-electron chi connectivity index (χ2n) is 5.12. The number of hydrogen-bond donors (Lipinski definition) is 2. The van der Waals surface area contributed by atoms with E-state index in [1.807, 2.05) is 20.8 Å². The molecule has 0 aromatic heterocycles. The molecule has 6 heteroatoms. The van der Waals surface area contributed by atoms with Gasteiger partial charge >= 0.3 is 0 Å². The Labute approximate surface area is 120 Å². The van der Waals surface area contributed by atoms with Crippen molar-refractivity contribution >= 4 is 15.9 Å². The number of hydrogen-bond acceptors (Lipinski definition) is 3. The molecule has 2 unspecified atom stereocenters. The summed E-state index contributed by atoms with van der Waals surface area (Å²) in [6.45, 7) is 5.94. The van der Waals surface area contributed by atoms with Crippen molar-refractivity contribution in [2.24, 2.45) is 11.1 Å². The van der Waals surface area contributed by atoms with Gasteiger partial charge < -0.3 is 5.32 Å². The van der Waals surface area contributed by atoms with Crippen molar-refractivity contribution in [3.63, 3.8) is 0 Å². The summed E-state index contributed by atoms with van der Waals surface area (Å²) in [6.07, 6.45) is 1.46. The lowest BCUT2D eigenvalue weighted by atomic mass is 10.0. The maximum Gasteiger partial charge on any atom is 0.238 e. The highest BCUT2D eigenvalue weighted by Crippen LogP contribution is 2.16. The molecule has 1 aromatic carbocycles. The molecule has 1 rings (SSSR count). The Morgan fingerprint density at radius 1 is 1.25 bits per heavy atom. The molecule has 0 saturated heterocycles. The third-order valence-corrected chi connectivity index (χ3v) is 4.25. The Morgan fingerprint density at radius 3 is 2.25 bits per heavy atom. The quantitative estimate of drug-likeness (QED) is 0.841. The lowest BCUT2D eigenvalue weighted by molar-refractivity contribution is -0.122. The second kappa shape index (κ2) is 6.85. The minimum absolute atomic E-state index is 0.00220. The topological polar surface area (TPSA) is 89.3 Å². The molecule has 0 radical (unpaired) electrons. The average Bonchev–Trinajstić information content (AvgIpc) is 2.37. The molecule has 0 aliphatic heterocycles. The fourth-order valence-corrected chi connectivity index (χ4v) is 2.31. The highest BCUT2D eigenvalue weighted by molar-refractivity contribution is 7.89. The van der Waals surface area contributed by atoms with E-state index in [-0.39, 0.29) is 16.8 Å². The summed E-state index contributed by atoms with van der Waals surface area (Å²) in [5, 5.41) is 7.94. The Hall–Kier alpha value is -1.40. The average molecular weight is 298 g/mol. The summed E-state index contributed by atoms with van der Waals surface area (Å²) < 4.78 is 22.3. The molecule has 0 spiro atoms. The smallest absolute Gasteiger partial charge is 0.238 e. The Morgan fingerprint density at radius 2 is 1.80 bits per heavy atom. The molecule has 0 saturated carbocycles. The standard InChI is InChI=1S/C14H22N2O3S/c1-4-10(2)9-14(17)16-11(3)12-5-7-13(8-6-12)20(15,18)19/h5-8,10-11H,4,9H2,1-3H3,(H,16,17)(H2,15,18,19). The van der Waals surface area contributed by atoms with Crippen LogP contribution < -0.4 is 10.5 Å². The van der Waals surface area contributed by atoms with E-state index in [0.29, 0.717) is 12.3 Å². The van der Waals surface area contributed by atoms with E-state index >= 15 is 0 Å². The number of primary sulfonamides is 1. The normalized spacial score (nSPS) is 14.6. The highest BCUT2D eigenvalue weighted by atomic mass is 32.2. The van der Waals surface area contributed by atoms with Crippen LogP contribution in [0.25, 0.3) is 0 Å². The van der Waals surface area contributed by atoms with Crippen LogP contribution in [0, 0.1) is 5.92 Å². The van der Waals surface area contributed by atoms with Gasteiger partial charge in [0.15, 0.2) is 0 Å². The van der Waals surface area contributed by atoms with Crippen molar-refractivity contribution in [1.82, 2.24) is 5.32 Å². The zero-order valence-electron chi connectivity index (χ0n) is 12.1. The van der Waals surface area contributed by atoms with Crippen LogP contribution >= 0.6 is 0 Å². The second-order valence-corrected chi connectivity index (χ2v) is 6.68. The van der Waals surface area contributed by atoms with Gasteiger partial charge in [0.1, 0.15) is 0 Å². The van der Waals surface area contributed by atoms with Crippen molar-refractivity contribution in [3.8, 4) is 0 Å². The number of nitrogens with one attached hydrogen (secondary N) is 1. The van der Waals surface area contributed by atoms with Gasteiger partial charge in [-0.1, -0.05) is 32.4 Å². The first-order valence-electron chi connectivity index (χ1n) is 6.66. The van der Waals surface area contributed by atoms with E-state index < -0.39 is 10.0 Å². The fourth-order valence-electron chi connectivity index (χ4n) is 1.79. The molecule has 5 nitrogen and oxygen atoms in total. The van der Waals surface area contributed by atoms with Crippen molar-refractivity contribution in [2.45, 2.75) is 44.6 Å². The molecule has 2 atom stereocenters. The van der Waals surface area contributed by atoms with Crippen LogP contribution in [0.4, 0.5) is 0 Å². The molecule has 1 amide bonds. The lowest BCUT2D eigenvalue weighted by Crippen LogP contribution is -2.27. The predicted octanol–water partition coefficient (Wildman–Crippen LogP) is 1.95. The predicted molar refractivity (Wildman–Crippen MR) is 78.4 cm³/mol. The van der Waals surface area contributed by atoms with E-state index in [4.69, 9.17) is 5.14 Å². The maximum atomic E-state index is 11.8. The van der Waals surface area contributed by atoms with Crippen LogP contribution in [-0.2, 0) is 14.8 Å². The Kier molecular flexibility index (Phi) is 5.71. The van der Waals surface area contributed by atoms with Crippen LogP contribution in [0.2, 0.25) is 0 Å². The summed E-state index contributed by atoms with van der Waals surface area (Å²) in [5.74, 6) is 0.356. The van der Waals surface area contributed by atoms with Gasteiger partial charge in [-0.25, -0.2) is 13.6 Å². The van der Waals surface area contributed by atoms with Crippen LogP contribution in [0.15, 0.2) is 29.2 Å². The number of benzene rings is 1. The molecule has 0 aliphatic carbocycles. The number of amides is 1.